The zero-order valence-corrected chi connectivity index (χ0v) is 18.2. The number of anilines is 2. The predicted molar refractivity (Wildman–Crippen MR) is 113 cm³/mol. The number of benzene rings is 1. The van der Waals surface area contributed by atoms with Crippen molar-refractivity contribution in [3.8, 4) is 0 Å². The quantitative estimate of drug-likeness (QED) is 0.731. The maximum Gasteiger partial charge on any atom is 0.243 e. The van der Waals surface area contributed by atoms with Crippen LogP contribution in [0.3, 0.4) is 0 Å². The summed E-state index contributed by atoms with van der Waals surface area (Å²) >= 11 is 3.31. The molecule has 0 aliphatic carbocycles. The lowest BCUT2D eigenvalue weighted by Crippen LogP contribution is -2.49. The van der Waals surface area contributed by atoms with E-state index in [0.29, 0.717) is 18.7 Å². The maximum atomic E-state index is 13.1. The van der Waals surface area contributed by atoms with Gasteiger partial charge in [0.25, 0.3) is 0 Å². The van der Waals surface area contributed by atoms with Gasteiger partial charge in [-0.25, -0.2) is 13.4 Å². The molecule has 1 atom stereocenters. The van der Waals surface area contributed by atoms with Gasteiger partial charge < -0.3 is 10.2 Å². The van der Waals surface area contributed by atoms with Gasteiger partial charge in [0.15, 0.2) is 0 Å². The summed E-state index contributed by atoms with van der Waals surface area (Å²) in [4.78, 5) is 19.2. The lowest BCUT2D eigenvalue weighted by molar-refractivity contribution is -0.120. The standard InChI is InChI=1S/C19H23BrN4O3S/c1-23(2)18-11-8-15(13-21-18)22-19(25)17-5-3-4-12-24(17)28(26,27)16-9-6-14(20)7-10-16/h6-11,13,17H,3-5,12H2,1-2H3,(H,22,25)/t17-/m0/s1. The van der Waals surface area contributed by atoms with E-state index in [4.69, 9.17) is 0 Å². The summed E-state index contributed by atoms with van der Waals surface area (Å²) in [6.07, 6.45) is 3.61. The largest absolute Gasteiger partial charge is 0.363 e. The van der Waals surface area contributed by atoms with Crippen LogP contribution in [0.4, 0.5) is 11.5 Å². The van der Waals surface area contributed by atoms with Crippen LogP contribution >= 0.6 is 15.9 Å². The van der Waals surface area contributed by atoms with Gasteiger partial charge in [0.05, 0.1) is 16.8 Å². The number of nitrogens with one attached hydrogen (secondary N) is 1. The highest BCUT2D eigenvalue weighted by atomic mass is 79.9. The minimum Gasteiger partial charge on any atom is -0.363 e. The number of rotatable bonds is 5. The summed E-state index contributed by atoms with van der Waals surface area (Å²) in [6.45, 7) is 0.328. The zero-order valence-electron chi connectivity index (χ0n) is 15.8. The molecule has 3 rings (SSSR count). The van der Waals surface area contributed by atoms with Crippen molar-refractivity contribution >= 4 is 43.4 Å². The summed E-state index contributed by atoms with van der Waals surface area (Å²) < 4.78 is 28.3. The van der Waals surface area contributed by atoms with Crippen molar-refractivity contribution in [1.29, 1.82) is 0 Å². The van der Waals surface area contributed by atoms with E-state index in [2.05, 4.69) is 26.2 Å². The second-order valence-corrected chi connectivity index (χ2v) is 9.68. The van der Waals surface area contributed by atoms with Crippen LogP contribution in [-0.2, 0) is 14.8 Å². The Kier molecular flexibility index (Phi) is 6.36. The van der Waals surface area contributed by atoms with Crippen molar-refractivity contribution in [3.63, 3.8) is 0 Å². The van der Waals surface area contributed by atoms with Crippen molar-refractivity contribution in [3.05, 3.63) is 47.1 Å². The van der Waals surface area contributed by atoms with E-state index in [-0.39, 0.29) is 10.8 Å². The van der Waals surface area contributed by atoms with E-state index in [0.717, 1.165) is 23.1 Å². The summed E-state index contributed by atoms with van der Waals surface area (Å²) in [5.74, 6) is 0.440. The molecule has 0 saturated carbocycles. The second kappa shape index (κ2) is 8.59. The Balaban J connectivity index is 1.80. The van der Waals surface area contributed by atoms with E-state index in [1.54, 1.807) is 42.6 Å². The first kappa shape index (κ1) is 20.8. The fraction of sp³-hybridized carbons (Fsp3) is 0.368. The summed E-state index contributed by atoms with van der Waals surface area (Å²) in [7, 11) is 0.0110. The number of carbonyl (C=O) groups is 1. The van der Waals surface area contributed by atoms with Crippen molar-refractivity contribution in [2.45, 2.75) is 30.2 Å². The molecular weight excluding hydrogens is 444 g/mol. The molecule has 1 fully saturated rings. The first-order valence-corrected chi connectivity index (χ1v) is 11.2. The molecular formula is C19H23BrN4O3S. The minimum atomic E-state index is -3.75. The average Bonchev–Trinajstić information content (AvgIpc) is 2.68. The smallest absolute Gasteiger partial charge is 0.243 e. The molecule has 1 aliphatic heterocycles. The topological polar surface area (TPSA) is 82.6 Å². The summed E-state index contributed by atoms with van der Waals surface area (Å²) in [5, 5.41) is 2.81. The Morgan fingerprint density at radius 1 is 1.18 bits per heavy atom. The van der Waals surface area contributed by atoms with Gasteiger partial charge in [-0.1, -0.05) is 22.4 Å². The number of nitrogens with zero attached hydrogens (tertiary/aromatic N) is 3. The molecule has 1 N–H and O–H groups in total. The van der Waals surface area contributed by atoms with Gasteiger partial charge in [-0.3, -0.25) is 4.79 Å². The number of piperidine rings is 1. The van der Waals surface area contributed by atoms with E-state index in [9.17, 15) is 13.2 Å². The third kappa shape index (κ3) is 4.53. The number of sulfonamides is 1. The van der Waals surface area contributed by atoms with Gasteiger partial charge in [-0.05, 0) is 49.2 Å². The molecule has 1 amide bonds. The van der Waals surface area contributed by atoms with Gasteiger partial charge in [-0.15, -0.1) is 0 Å². The van der Waals surface area contributed by atoms with Crippen molar-refractivity contribution in [2.75, 3.05) is 30.9 Å². The van der Waals surface area contributed by atoms with Crippen LogP contribution in [0.2, 0.25) is 0 Å². The van der Waals surface area contributed by atoms with Crippen LogP contribution in [0, 0.1) is 0 Å². The monoisotopic (exact) mass is 466 g/mol. The van der Waals surface area contributed by atoms with Crippen LogP contribution in [0.25, 0.3) is 0 Å². The van der Waals surface area contributed by atoms with Crippen LogP contribution in [0.5, 0.6) is 0 Å². The van der Waals surface area contributed by atoms with Crippen LogP contribution < -0.4 is 10.2 Å². The number of carbonyl (C=O) groups excluding carboxylic acids is 1. The molecule has 28 heavy (non-hydrogen) atoms. The number of hydrogen-bond acceptors (Lipinski definition) is 5. The normalized spacial score (nSPS) is 17.9. The first-order chi connectivity index (χ1) is 13.3. The number of halogens is 1. The highest BCUT2D eigenvalue weighted by molar-refractivity contribution is 9.10. The Bertz CT molecular complexity index is 931. The fourth-order valence-electron chi connectivity index (χ4n) is 3.15. The third-order valence-electron chi connectivity index (χ3n) is 4.65. The lowest BCUT2D eigenvalue weighted by Gasteiger charge is -2.33. The van der Waals surface area contributed by atoms with Gasteiger partial charge in [0.1, 0.15) is 11.9 Å². The van der Waals surface area contributed by atoms with Crippen molar-refractivity contribution in [2.24, 2.45) is 0 Å². The zero-order chi connectivity index (χ0) is 20.3. The van der Waals surface area contributed by atoms with Gasteiger partial charge in [0.2, 0.25) is 15.9 Å². The molecule has 0 radical (unpaired) electrons. The van der Waals surface area contributed by atoms with Crippen molar-refractivity contribution in [1.82, 2.24) is 9.29 Å². The Morgan fingerprint density at radius 3 is 2.50 bits per heavy atom. The molecule has 0 spiro atoms. The molecule has 2 aromatic rings. The summed E-state index contributed by atoms with van der Waals surface area (Å²) in [6, 6.07) is 9.28. The Labute approximate surface area is 173 Å². The summed E-state index contributed by atoms with van der Waals surface area (Å²) in [5.41, 5.74) is 0.544. The van der Waals surface area contributed by atoms with Crippen LogP contribution in [-0.4, -0.2) is 50.3 Å². The van der Waals surface area contributed by atoms with E-state index >= 15 is 0 Å². The Morgan fingerprint density at radius 2 is 1.89 bits per heavy atom. The van der Waals surface area contributed by atoms with Crippen LogP contribution in [0.1, 0.15) is 19.3 Å². The molecule has 1 aromatic heterocycles. The molecule has 0 bridgehead atoms. The second-order valence-electron chi connectivity index (χ2n) is 6.87. The number of amides is 1. The highest BCUT2D eigenvalue weighted by Crippen LogP contribution is 2.27. The van der Waals surface area contributed by atoms with Crippen LogP contribution in [0.15, 0.2) is 52.0 Å². The van der Waals surface area contributed by atoms with E-state index in [1.165, 1.54) is 4.31 Å². The molecule has 9 heteroatoms. The molecule has 150 valence electrons. The van der Waals surface area contributed by atoms with E-state index < -0.39 is 16.1 Å². The fourth-order valence-corrected chi connectivity index (χ4v) is 5.07. The van der Waals surface area contributed by atoms with Gasteiger partial charge >= 0.3 is 0 Å². The number of pyridine rings is 1. The highest BCUT2D eigenvalue weighted by Gasteiger charge is 2.37. The molecule has 0 unspecified atom stereocenters. The SMILES string of the molecule is CN(C)c1ccc(NC(=O)[C@@H]2CCCCN2S(=O)(=O)c2ccc(Br)cc2)cn1. The first-order valence-electron chi connectivity index (χ1n) is 9.01. The molecule has 2 heterocycles. The third-order valence-corrected chi connectivity index (χ3v) is 7.10. The van der Waals surface area contributed by atoms with Gasteiger partial charge in [-0.2, -0.15) is 4.31 Å². The van der Waals surface area contributed by atoms with Crippen molar-refractivity contribution < 1.29 is 13.2 Å². The van der Waals surface area contributed by atoms with E-state index in [1.807, 2.05) is 19.0 Å². The maximum absolute atomic E-state index is 13.1. The molecule has 1 aliphatic rings. The molecule has 1 saturated heterocycles. The molecule has 1 aromatic carbocycles. The number of aromatic nitrogens is 1. The lowest BCUT2D eigenvalue weighted by atomic mass is 10.0. The van der Waals surface area contributed by atoms with Gasteiger partial charge in [0, 0.05) is 25.1 Å². The molecule has 7 nitrogen and oxygen atoms in total. The number of hydrogen-bond donors (Lipinski definition) is 1. The Hall–Kier alpha value is -1.97. The predicted octanol–water partition coefficient (Wildman–Crippen LogP) is 3.09. The average molecular weight is 467 g/mol. The minimum absolute atomic E-state index is 0.187.